The fourth-order valence-electron chi connectivity index (χ4n) is 3.24. The van der Waals surface area contributed by atoms with Gasteiger partial charge in [-0.15, -0.1) is 0 Å². The van der Waals surface area contributed by atoms with Gasteiger partial charge < -0.3 is 20.4 Å². The van der Waals surface area contributed by atoms with Gasteiger partial charge in [-0.25, -0.2) is 9.18 Å². The molecule has 1 aromatic heterocycles. The SMILES string of the molecule is CC(C)(C)OC(=O)N[C@@H](CC(=O)Nc1cc2ccccc2[nH]c1=O)Cc1ccccc1F. The number of fused-ring (bicyclic) bond motifs is 1. The summed E-state index contributed by atoms with van der Waals surface area (Å²) >= 11 is 0. The number of alkyl carbamates (subject to hydrolysis) is 1. The van der Waals surface area contributed by atoms with Crippen molar-refractivity contribution in [2.24, 2.45) is 0 Å². The fourth-order valence-corrected chi connectivity index (χ4v) is 3.24. The number of pyridine rings is 1. The van der Waals surface area contributed by atoms with E-state index in [1.807, 2.05) is 12.1 Å². The third kappa shape index (κ3) is 6.41. The molecule has 32 heavy (non-hydrogen) atoms. The summed E-state index contributed by atoms with van der Waals surface area (Å²) in [7, 11) is 0. The zero-order chi connectivity index (χ0) is 23.3. The summed E-state index contributed by atoms with van der Waals surface area (Å²) in [4.78, 5) is 40.0. The molecular weight excluding hydrogens is 413 g/mol. The highest BCUT2D eigenvalue weighted by atomic mass is 19.1. The Bertz CT molecular complexity index is 1180. The van der Waals surface area contributed by atoms with Gasteiger partial charge in [-0.1, -0.05) is 36.4 Å². The largest absolute Gasteiger partial charge is 0.444 e. The smallest absolute Gasteiger partial charge is 0.407 e. The number of carbonyl (C=O) groups is 2. The molecule has 2 amide bonds. The van der Waals surface area contributed by atoms with E-state index in [0.29, 0.717) is 11.1 Å². The second-order valence-corrected chi connectivity index (χ2v) is 8.49. The van der Waals surface area contributed by atoms with Crippen LogP contribution in [0.1, 0.15) is 32.8 Å². The summed E-state index contributed by atoms with van der Waals surface area (Å²) in [6.45, 7) is 5.16. The molecule has 7 nitrogen and oxygen atoms in total. The van der Waals surface area contributed by atoms with Crippen LogP contribution in [0, 0.1) is 5.82 Å². The van der Waals surface area contributed by atoms with Crippen molar-refractivity contribution in [1.82, 2.24) is 10.3 Å². The second-order valence-electron chi connectivity index (χ2n) is 8.49. The van der Waals surface area contributed by atoms with Gasteiger partial charge in [0.1, 0.15) is 17.1 Å². The molecule has 8 heteroatoms. The molecule has 1 atom stereocenters. The Kier molecular flexibility index (Phi) is 6.92. The number of amides is 2. The van der Waals surface area contributed by atoms with E-state index in [4.69, 9.17) is 4.74 Å². The molecule has 0 radical (unpaired) electrons. The number of aromatic nitrogens is 1. The lowest BCUT2D eigenvalue weighted by Gasteiger charge is -2.23. The van der Waals surface area contributed by atoms with Gasteiger partial charge in [0.25, 0.3) is 5.56 Å². The summed E-state index contributed by atoms with van der Waals surface area (Å²) in [6, 6.07) is 14.2. The van der Waals surface area contributed by atoms with Crippen molar-refractivity contribution in [3.8, 4) is 0 Å². The highest BCUT2D eigenvalue weighted by Gasteiger charge is 2.23. The molecule has 0 saturated carbocycles. The van der Waals surface area contributed by atoms with E-state index < -0.39 is 35.0 Å². The van der Waals surface area contributed by atoms with E-state index in [-0.39, 0.29) is 18.5 Å². The van der Waals surface area contributed by atoms with E-state index in [9.17, 15) is 18.8 Å². The first-order valence-electron chi connectivity index (χ1n) is 10.3. The number of nitrogens with one attached hydrogen (secondary N) is 3. The van der Waals surface area contributed by atoms with Gasteiger partial charge in [0.2, 0.25) is 5.91 Å². The minimum Gasteiger partial charge on any atom is -0.444 e. The summed E-state index contributed by atoms with van der Waals surface area (Å²) in [5.41, 5.74) is -0.0735. The van der Waals surface area contributed by atoms with Crippen LogP contribution < -0.4 is 16.2 Å². The van der Waals surface area contributed by atoms with Gasteiger partial charge in [0.15, 0.2) is 0 Å². The predicted molar refractivity (Wildman–Crippen MR) is 121 cm³/mol. The first kappa shape index (κ1) is 23.0. The molecule has 1 heterocycles. The maximum absolute atomic E-state index is 14.2. The molecule has 168 valence electrons. The third-order valence-electron chi connectivity index (χ3n) is 4.60. The lowest BCUT2D eigenvalue weighted by Crippen LogP contribution is -2.42. The van der Waals surface area contributed by atoms with Crippen molar-refractivity contribution in [3.05, 3.63) is 76.3 Å². The fraction of sp³-hybridized carbons (Fsp3) is 0.292. The number of rotatable bonds is 6. The Balaban J connectivity index is 1.76. The summed E-state index contributed by atoms with van der Waals surface area (Å²) < 4.78 is 19.4. The van der Waals surface area contributed by atoms with Gasteiger partial charge in [0, 0.05) is 23.4 Å². The molecule has 0 aliphatic carbocycles. The Labute approximate surface area is 185 Å². The number of H-pyrrole nitrogens is 1. The molecule has 0 fully saturated rings. The van der Waals surface area contributed by atoms with Crippen LogP contribution >= 0.6 is 0 Å². The number of carbonyl (C=O) groups excluding carboxylic acids is 2. The first-order valence-corrected chi connectivity index (χ1v) is 10.3. The van der Waals surface area contributed by atoms with Crippen LogP contribution in [-0.4, -0.2) is 28.6 Å². The topological polar surface area (TPSA) is 100 Å². The number of ether oxygens (including phenoxy) is 1. The van der Waals surface area contributed by atoms with Crippen LogP contribution in [0.2, 0.25) is 0 Å². The van der Waals surface area contributed by atoms with Crippen LogP contribution in [0.4, 0.5) is 14.9 Å². The summed E-state index contributed by atoms with van der Waals surface area (Å²) in [6.07, 6.45) is -0.817. The lowest BCUT2D eigenvalue weighted by atomic mass is 10.0. The number of aromatic amines is 1. The van der Waals surface area contributed by atoms with Crippen molar-refractivity contribution in [3.63, 3.8) is 0 Å². The van der Waals surface area contributed by atoms with Crippen molar-refractivity contribution in [2.45, 2.75) is 45.3 Å². The quantitative estimate of drug-likeness (QED) is 0.538. The van der Waals surface area contributed by atoms with Gasteiger partial charge in [-0.3, -0.25) is 9.59 Å². The molecule has 0 aliphatic heterocycles. The minimum atomic E-state index is -0.749. The van der Waals surface area contributed by atoms with E-state index in [1.165, 1.54) is 6.07 Å². The number of anilines is 1. The summed E-state index contributed by atoms with van der Waals surface area (Å²) in [5, 5.41) is 5.98. The molecule has 3 rings (SSSR count). The maximum Gasteiger partial charge on any atom is 0.407 e. The molecule has 0 spiro atoms. The van der Waals surface area contributed by atoms with Crippen LogP contribution in [0.5, 0.6) is 0 Å². The average molecular weight is 439 g/mol. The number of halogens is 1. The van der Waals surface area contributed by atoms with Crippen molar-refractivity contribution < 1.29 is 18.7 Å². The van der Waals surface area contributed by atoms with Crippen molar-refractivity contribution in [2.75, 3.05) is 5.32 Å². The van der Waals surface area contributed by atoms with Crippen LogP contribution in [0.25, 0.3) is 10.9 Å². The van der Waals surface area contributed by atoms with Crippen LogP contribution in [-0.2, 0) is 16.0 Å². The van der Waals surface area contributed by atoms with E-state index >= 15 is 0 Å². The molecule has 3 aromatic rings. The Morgan fingerprint density at radius 2 is 1.78 bits per heavy atom. The summed E-state index contributed by atoms with van der Waals surface area (Å²) in [5.74, 6) is -0.932. The highest BCUT2D eigenvalue weighted by molar-refractivity contribution is 5.93. The van der Waals surface area contributed by atoms with Gasteiger partial charge in [-0.05, 0) is 51.0 Å². The molecule has 0 aliphatic rings. The van der Waals surface area contributed by atoms with Crippen molar-refractivity contribution >= 4 is 28.6 Å². The van der Waals surface area contributed by atoms with E-state index in [0.717, 1.165) is 5.39 Å². The standard InChI is InChI=1S/C24H26FN3O4/c1-24(2,3)32-23(31)26-17(12-15-8-4-6-10-18(15)25)14-21(29)27-20-13-16-9-5-7-11-19(16)28-22(20)30/h4-11,13,17H,12,14H2,1-3H3,(H,26,31)(H,27,29)(H,28,30)/t17-/m1/s1. The van der Waals surface area contributed by atoms with E-state index in [1.54, 1.807) is 57.2 Å². The Morgan fingerprint density at radius 3 is 2.50 bits per heavy atom. The second kappa shape index (κ2) is 9.64. The number of para-hydroxylation sites is 1. The van der Waals surface area contributed by atoms with Crippen LogP contribution in [0.15, 0.2) is 59.4 Å². The Hall–Kier alpha value is -3.68. The van der Waals surface area contributed by atoms with E-state index in [2.05, 4.69) is 15.6 Å². The van der Waals surface area contributed by atoms with Gasteiger partial charge >= 0.3 is 6.09 Å². The molecule has 0 unspecified atom stereocenters. The van der Waals surface area contributed by atoms with Gasteiger partial charge in [-0.2, -0.15) is 0 Å². The number of benzene rings is 2. The molecule has 0 saturated heterocycles. The third-order valence-corrected chi connectivity index (χ3v) is 4.60. The lowest BCUT2D eigenvalue weighted by molar-refractivity contribution is -0.116. The zero-order valence-corrected chi connectivity index (χ0v) is 18.2. The molecule has 2 aromatic carbocycles. The molecule has 0 bridgehead atoms. The van der Waals surface area contributed by atoms with Crippen molar-refractivity contribution in [1.29, 1.82) is 0 Å². The monoisotopic (exact) mass is 439 g/mol. The average Bonchev–Trinajstić information content (AvgIpc) is 2.68. The number of hydrogen-bond donors (Lipinski definition) is 3. The molecule has 3 N–H and O–H groups in total. The normalized spacial score (nSPS) is 12.2. The zero-order valence-electron chi connectivity index (χ0n) is 18.2. The number of hydrogen-bond acceptors (Lipinski definition) is 4. The minimum absolute atomic E-state index is 0.0768. The maximum atomic E-state index is 14.2. The molecular formula is C24H26FN3O4. The van der Waals surface area contributed by atoms with Crippen LogP contribution in [0.3, 0.4) is 0 Å². The Morgan fingerprint density at radius 1 is 1.09 bits per heavy atom. The van der Waals surface area contributed by atoms with Gasteiger partial charge in [0.05, 0.1) is 0 Å². The highest BCUT2D eigenvalue weighted by Crippen LogP contribution is 2.15. The predicted octanol–water partition coefficient (Wildman–Crippen LogP) is 4.13. The first-order chi connectivity index (χ1) is 15.1.